The Hall–Kier alpha value is -4.06. The van der Waals surface area contributed by atoms with E-state index in [0.717, 1.165) is 5.56 Å². The van der Waals surface area contributed by atoms with Crippen molar-refractivity contribution in [2.24, 2.45) is 0 Å². The molecule has 4 aromatic rings. The number of aromatic nitrogens is 6. The fourth-order valence-corrected chi connectivity index (χ4v) is 3.00. The largest absolute Gasteiger partial charge is 0.415 e. The Morgan fingerprint density at radius 3 is 2.60 bits per heavy atom. The van der Waals surface area contributed by atoms with Crippen LogP contribution in [0.1, 0.15) is 31.9 Å². The number of carbonyl (C=O) groups is 1. The second-order valence-electron chi connectivity index (χ2n) is 8.57. The van der Waals surface area contributed by atoms with Crippen molar-refractivity contribution in [1.29, 1.82) is 0 Å². The van der Waals surface area contributed by atoms with E-state index in [1.807, 2.05) is 57.1 Å². The zero-order valence-corrected chi connectivity index (χ0v) is 19.6. The lowest BCUT2D eigenvalue weighted by molar-refractivity contribution is -0.124. The fraction of sp³-hybridized carbons (Fsp3) is 0.304. The highest BCUT2D eigenvalue weighted by Crippen LogP contribution is 2.24. The van der Waals surface area contributed by atoms with Crippen LogP contribution in [0.25, 0.3) is 22.7 Å². The third-order valence-corrected chi connectivity index (χ3v) is 5.65. The summed E-state index contributed by atoms with van der Waals surface area (Å²) >= 11 is 0. The Morgan fingerprint density at radius 1 is 1.14 bits per heavy atom. The molecule has 3 aromatic heterocycles. The summed E-state index contributed by atoms with van der Waals surface area (Å²) < 4.78 is 31.8. The first kappa shape index (κ1) is 24.1. The van der Waals surface area contributed by atoms with Crippen molar-refractivity contribution in [2.75, 3.05) is 19.4 Å². The van der Waals surface area contributed by atoms with E-state index in [1.165, 1.54) is 6.20 Å². The van der Waals surface area contributed by atoms with E-state index in [9.17, 15) is 13.6 Å². The number of hydrogen-bond donors (Lipinski definition) is 1. The molecule has 0 aliphatic heterocycles. The lowest BCUT2D eigenvalue weighted by Gasteiger charge is -2.30. The Morgan fingerprint density at radius 2 is 1.94 bits per heavy atom. The van der Waals surface area contributed by atoms with Crippen LogP contribution in [0, 0.1) is 0 Å². The highest BCUT2D eigenvalue weighted by Gasteiger charge is 2.30. The average molecular weight is 482 g/mol. The zero-order valence-electron chi connectivity index (χ0n) is 19.6. The smallest absolute Gasteiger partial charge is 0.314 e. The molecule has 0 saturated carbocycles. The van der Waals surface area contributed by atoms with Crippen LogP contribution in [0.4, 0.5) is 14.5 Å². The van der Waals surface area contributed by atoms with Gasteiger partial charge in [-0.25, -0.2) is 4.68 Å². The first-order chi connectivity index (χ1) is 16.6. The molecule has 0 aliphatic rings. The van der Waals surface area contributed by atoms with Gasteiger partial charge in [-0.3, -0.25) is 14.7 Å². The number of pyridine rings is 1. The number of hydrogen-bond acceptors (Lipinski definition) is 8. The minimum Gasteiger partial charge on any atom is -0.415 e. The monoisotopic (exact) mass is 482 g/mol. The Bertz CT molecular complexity index is 1320. The van der Waals surface area contributed by atoms with Crippen molar-refractivity contribution in [3.63, 3.8) is 0 Å². The van der Waals surface area contributed by atoms with Gasteiger partial charge in [-0.15, -0.1) is 15.3 Å². The molecule has 0 fully saturated rings. The van der Waals surface area contributed by atoms with E-state index in [0.29, 0.717) is 29.2 Å². The number of carbonyl (C=O) groups excluding carboxylic acids is 1. The van der Waals surface area contributed by atoms with E-state index >= 15 is 0 Å². The van der Waals surface area contributed by atoms with Crippen molar-refractivity contribution >= 4 is 11.6 Å². The van der Waals surface area contributed by atoms with E-state index in [4.69, 9.17) is 4.42 Å². The molecule has 3 heterocycles. The molecule has 0 aliphatic carbocycles. The van der Waals surface area contributed by atoms with Crippen LogP contribution in [-0.2, 0) is 11.3 Å². The molecule has 0 atom stereocenters. The third kappa shape index (κ3) is 5.38. The number of nitrogens with zero attached hydrogens (tertiary/aromatic N) is 7. The second kappa shape index (κ2) is 9.66. The zero-order chi connectivity index (χ0) is 25.2. The molecule has 182 valence electrons. The van der Waals surface area contributed by atoms with Crippen molar-refractivity contribution in [3.8, 4) is 22.7 Å². The van der Waals surface area contributed by atoms with E-state index in [1.54, 1.807) is 23.0 Å². The molecule has 10 nitrogen and oxygen atoms in total. The fourth-order valence-electron chi connectivity index (χ4n) is 3.00. The average Bonchev–Trinajstić information content (AvgIpc) is 3.50. The highest BCUT2D eigenvalue weighted by atomic mass is 19.3. The summed E-state index contributed by atoms with van der Waals surface area (Å²) in [5.41, 5.74) is 2.53. The molecule has 12 heteroatoms. The van der Waals surface area contributed by atoms with Gasteiger partial charge < -0.3 is 9.73 Å². The molecule has 1 aromatic carbocycles. The maximum atomic E-state index is 12.6. The number of likely N-dealkylation sites (N-methyl/N-ethyl adjacent to an activating group) is 1. The summed E-state index contributed by atoms with van der Waals surface area (Å²) in [5, 5.41) is 18.2. The van der Waals surface area contributed by atoms with Gasteiger partial charge in [0.05, 0.1) is 29.5 Å². The third-order valence-electron chi connectivity index (χ3n) is 5.65. The van der Waals surface area contributed by atoms with Crippen LogP contribution < -0.4 is 5.32 Å². The SMILES string of the molecule is CN(C)C(C)(C)C(=O)Nc1cccc(-c2cn(Cc3ccc(-c4nnc(C(F)F)o4)cn3)nn2)c1. The van der Waals surface area contributed by atoms with E-state index < -0.39 is 17.9 Å². The maximum absolute atomic E-state index is 12.6. The number of anilines is 1. The molecule has 0 bridgehead atoms. The number of alkyl halides is 2. The lowest BCUT2D eigenvalue weighted by Crippen LogP contribution is -2.48. The van der Waals surface area contributed by atoms with Crippen molar-refractivity contribution in [3.05, 3.63) is 60.4 Å². The molecular formula is C23H24F2N8O2. The molecule has 0 spiro atoms. The molecule has 4 rings (SSSR count). The summed E-state index contributed by atoms with van der Waals surface area (Å²) in [6.45, 7) is 4.04. The van der Waals surface area contributed by atoms with Gasteiger partial charge in [-0.2, -0.15) is 8.78 Å². The molecule has 0 saturated heterocycles. The minimum absolute atomic E-state index is 0.0247. The van der Waals surface area contributed by atoms with E-state index in [-0.39, 0.29) is 11.8 Å². The summed E-state index contributed by atoms with van der Waals surface area (Å²) in [7, 11) is 3.70. The molecular weight excluding hydrogens is 458 g/mol. The predicted molar refractivity (Wildman–Crippen MR) is 123 cm³/mol. The van der Waals surface area contributed by atoms with Gasteiger partial charge in [-0.05, 0) is 52.2 Å². The molecule has 1 amide bonds. The van der Waals surface area contributed by atoms with Crippen molar-refractivity contribution in [2.45, 2.75) is 32.4 Å². The molecule has 0 unspecified atom stereocenters. The van der Waals surface area contributed by atoms with Gasteiger partial charge in [0.15, 0.2) is 0 Å². The minimum atomic E-state index is -2.83. The first-order valence-electron chi connectivity index (χ1n) is 10.7. The van der Waals surface area contributed by atoms with Gasteiger partial charge in [0.25, 0.3) is 5.89 Å². The van der Waals surface area contributed by atoms with Crippen LogP contribution >= 0.6 is 0 Å². The van der Waals surface area contributed by atoms with Gasteiger partial charge in [-0.1, -0.05) is 17.3 Å². The Kier molecular flexibility index (Phi) is 6.65. The van der Waals surface area contributed by atoms with Gasteiger partial charge >= 0.3 is 6.43 Å². The Labute approximate surface area is 200 Å². The lowest BCUT2D eigenvalue weighted by atomic mass is 10.0. The van der Waals surface area contributed by atoms with Crippen LogP contribution in [0.2, 0.25) is 0 Å². The van der Waals surface area contributed by atoms with Crippen LogP contribution in [0.5, 0.6) is 0 Å². The van der Waals surface area contributed by atoms with Crippen LogP contribution in [0.15, 0.2) is 53.2 Å². The summed E-state index contributed by atoms with van der Waals surface area (Å²) in [6, 6.07) is 10.7. The second-order valence-corrected chi connectivity index (χ2v) is 8.57. The molecule has 1 N–H and O–H groups in total. The van der Waals surface area contributed by atoms with Gasteiger partial charge in [0.1, 0.15) is 5.69 Å². The Balaban J connectivity index is 1.44. The predicted octanol–water partition coefficient (Wildman–Crippen LogP) is 3.65. The topological polar surface area (TPSA) is 115 Å². The number of benzene rings is 1. The quantitative estimate of drug-likeness (QED) is 0.405. The summed E-state index contributed by atoms with van der Waals surface area (Å²) in [4.78, 5) is 18.8. The number of rotatable bonds is 8. The number of halogens is 2. The number of amides is 1. The van der Waals surface area contributed by atoms with Crippen molar-refractivity contribution < 1.29 is 18.0 Å². The molecule has 0 radical (unpaired) electrons. The maximum Gasteiger partial charge on any atom is 0.314 e. The first-order valence-corrected chi connectivity index (χ1v) is 10.7. The molecule has 35 heavy (non-hydrogen) atoms. The highest BCUT2D eigenvalue weighted by molar-refractivity contribution is 5.97. The van der Waals surface area contributed by atoms with Crippen molar-refractivity contribution in [1.82, 2.24) is 35.1 Å². The van der Waals surface area contributed by atoms with Gasteiger partial charge in [0, 0.05) is 17.4 Å². The van der Waals surface area contributed by atoms with Crippen LogP contribution in [0.3, 0.4) is 0 Å². The summed E-state index contributed by atoms with van der Waals surface area (Å²) in [6.07, 6.45) is 0.414. The van der Waals surface area contributed by atoms with Gasteiger partial charge in [0.2, 0.25) is 11.8 Å². The number of nitrogens with one attached hydrogen (secondary N) is 1. The normalized spacial score (nSPS) is 11.9. The van der Waals surface area contributed by atoms with Crippen LogP contribution in [-0.4, -0.2) is 60.6 Å². The van der Waals surface area contributed by atoms with E-state index in [2.05, 4.69) is 30.8 Å². The summed E-state index contributed by atoms with van der Waals surface area (Å²) in [5.74, 6) is -0.878. The standard InChI is InChI=1S/C23H24F2N8O2/c1-23(2,32(3)4)22(34)27-16-7-5-6-14(10-16)18-13-33(31-28-18)12-17-9-8-15(11-26-17)20-29-30-21(35-20)19(24)25/h5-11,13,19H,12H2,1-4H3,(H,27,34).